The third kappa shape index (κ3) is 18.1. The summed E-state index contributed by atoms with van der Waals surface area (Å²) in [5, 5.41) is 0. The van der Waals surface area contributed by atoms with Gasteiger partial charge >= 0.3 is 5.97 Å². The number of ether oxygens (including phenoxy) is 1. The average molecular weight is 473 g/mol. The van der Waals surface area contributed by atoms with Gasteiger partial charge in [0.05, 0.1) is 6.61 Å². The van der Waals surface area contributed by atoms with Gasteiger partial charge in [-0.15, -0.1) is 0 Å². The van der Waals surface area contributed by atoms with Gasteiger partial charge in [-0.3, -0.25) is 4.79 Å². The normalized spacial score (nSPS) is 11.3. The van der Waals surface area contributed by atoms with Gasteiger partial charge in [0.1, 0.15) is 0 Å². The van der Waals surface area contributed by atoms with Crippen LogP contribution in [-0.4, -0.2) is 12.6 Å². The van der Waals surface area contributed by atoms with E-state index >= 15 is 0 Å². The summed E-state index contributed by atoms with van der Waals surface area (Å²) in [6, 6.07) is 8.47. The summed E-state index contributed by atoms with van der Waals surface area (Å²) in [7, 11) is 0. The molecule has 0 amide bonds. The molecule has 1 aromatic carbocycles. The lowest BCUT2D eigenvalue weighted by atomic mass is 9.94. The number of esters is 1. The maximum Gasteiger partial charge on any atom is 0.306 e. The minimum Gasteiger partial charge on any atom is -0.465 e. The zero-order valence-corrected chi connectivity index (χ0v) is 23.1. The molecule has 0 saturated heterocycles. The first-order valence-corrected chi connectivity index (χ1v) is 14.9. The van der Waals surface area contributed by atoms with E-state index < -0.39 is 0 Å². The summed E-state index contributed by atoms with van der Waals surface area (Å²) in [4.78, 5) is 12.4. The number of carbonyl (C=O) groups excluding carboxylic acids is 1. The maximum absolute atomic E-state index is 12.4. The average Bonchev–Trinajstić information content (AvgIpc) is 2.84. The summed E-state index contributed by atoms with van der Waals surface area (Å²) >= 11 is 0. The maximum atomic E-state index is 12.4. The van der Waals surface area contributed by atoms with Crippen molar-refractivity contribution in [1.82, 2.24) is 0 Å². The highest BCUT2D eigenvalue weighted by molar-refractivity contribution is 5.69. The predicted octanol–water partition coefficient (Wildman–Crippen LogP) is 10.1. The molecule has 0 N–H and O–H groups in total. The molecular formula is C32H56O2. The molecular weight excluding hydrogens is 416 g/mol. The number of hydrogen-bond donors (Lipinski definition) is 0. The topological polar surface area (TPSA) is 26.3 Å². The van der Waals surface area contributed by atoms with Crippen molar-refractivity contribution >= 4 is 5.97 Å². The highest BCUT2D eigenvalue weighted by Gasteiger charge is 2.12. The van der Waals surface area contributed by atoms with Gasteiger partial charge in [-0.25, -0.2) is 0 Å². The zero-order chi connectivity index (χ0) is 24.7. The predicted molar refractivity (Wildman–Crippen MR) is 148 cm³/mol. The van der Waals surface area contributed by atoms with Crippen LogP contribution in [0.25, 0.3) is 0 Å². The van der Waals surface area contributed by atoms with Crippen molar-refractivity contribution in [3.8, 4) is 0 Å². The molecule has 0 fully saturated rings. The lowest BCUT2D eigenvalue weighted by molar-refractivity contribution is -0.145. The highest BCUT2D eigenvalue weighted by atomic mass is 16.5. The molecule has 0 saturated carbocycles. The Morgan fingerprint density at radius 2 is 1.12 bits per heavy atom. The van der Waals surface area contributed by atoms with Crippen LogP contribution in [0.1, 0.15) is 147 Å². The smallest absolute Gasteiger partial charge is 0.306 e. The number of carbonyl (C=O) groups is 1. The van der Waals surface area contributed by atoms with Gasteiger partial charge in [0.15, 0.2) is 0 Å². The van der Waals surface area contributed by atoms with E-state index in [9.17, 15) is 4.79 Å². The largest absolute Gasteiger partial charge is 0.465 e. The van der Waals surface area contributed by atoms with Crippen molar-refractivity contribution in [3.63, 3.8) is 0 Å². The van der Waals surface area contributed by atoms with Crippen molar-refractivity contribution < 1.29 is 9.53 Å². The quantitative estimate of drug-likeness (QED) is 0.117. The van der Waals surface area contributed by atoms with E-state index in [0.717, 1.165) is 6.42 Å². The lowest BCUT2D eigenvalue weighted by Crippen LogP contribution is -2.15. The van der Waals surface area contributed by atoms with Crippen LogP contribution < -0.4 is 0 Å². The third-order valence-corrected chi connectivity index (χ3v) is 7.15. The molecule has 0 heterocycles. The Kier molecular flexibility index (Phi) is 20.0. The third-order valence-electron chi connectivity index (χ3n) is 7.15. The van der Waals surface area contributed by atoms with Crippen LogP contribution >= 0.6 is 0 Å². The van der Waals surface area contributed by atoms with Crippen molar-refractivity contribution in [3.05, 3.63) is 35.4 Å². The minimum atomic E-state index is -0.0302. The number of benzene rings is 1. The molecule has 34 heavy (non-hydrogen) atoms. The van der Waals surface area contributed by atoms with Crippen LogP contribution in [0.5, 0.6) is 0 Å². The SMILES string of the molecule is CCCCCCCCCCC(CCCCCCCCCC)COC(=O)CCc1ccc(C)cc1. The van der Waals surface area contributed by atoms with Crippen LogP contribution in [0, 0.1) is 12.8 Å². The van der Waals surface area contributed by atoms with E-state index in [4.69, 9.17) is 4.74 Å². The van der Waals surface area contributed by atoms with Gasteiger partial charge in [-0.1, -0.05) is 146 Å². The van der Waals surface area contributed by atoms with Gasteiger partial charge in [-0.05, 0) is 37.7 Å². The second-order valence-electron chi connectivity index (χ2n) is 10.6. The molecule has 0 aromatic heterocycles. The second kappa shape index (κ2) is 22.2. The van der Waals surface area contributed by atoms with Crippen LogP contribution in [0.4, 0.5) is 0 Å². The molecule has 0 spiro atoms. The summed E-state index contributed by atoms with van der Waals surface area (Å²) < 4.78 is 5.76. The molecule has 0 aliphatic heterocycles. The highest BCUT2D eigenvalue weighted by Crippen LogP contribution is 2.20. The Morgan fingerprint density at radius 1 is 0.676 bits per heavy atom. The molecule has 0 aliphatic carbocycles. The van der Waals surface area contributed by atoms with Crippen LogP contribution in [-0.2, 0) is 16.0 Å². The van der Waals surface area contributed by atoms with Gasteiger partial charge < -0.3 is 4.74 Å². The first-order chi connectivity index (χ1) is 16.7. The minimum absolute atomic E-state index is 0.0302. The second-order valence-corrected chi connectivity index (χ2v) is 10.6. The van der Waals surface area contributed by atoms with E-state index in [0.29, 0.717) is 18.9 Å². The molecule has 2 heteroatoms. The number of unbranched alkanes of at least 4 members (excludes halogenated alkanes) is 14. The fraction of sp³-hybridized carbons (Fsp3) is 0.781. The zero-order valence-electron chi connectivity index (χ0n) is 23.1. The van der Waals surface area contributed by atoms with E-state index in [1.54, 1.807) is 0 Å². The molecule has 0 atom stereocenters. The summed E-state index contributed by atoms with van der Waals surface area (Å²) in [6.45, 7) is 7.28. The van der Waals surface area contributed by atoms with Gasteiger partial charge in [0, 0.05) is 6.42 Å². The molecule has 0 radical (unpaired) electrons. The Morgan fingerprint density at radius 3 is 1.59 bits per heavy atom. The molecule has 0 bridgehead atoms. The van der Waals surface area contributed by atoms with Crippen molar-refractivity contribution in [2.45, 2.75) is 149 Å². The molecule has 2 nitrogen and oxygen atoms in total. The number of aryl methyl sites for hydroxylation is 2. The Hall–Kier alpha value is -1.31. The van der Waals surface area contributed by atoms with E-state index in [1.807, 2.05) is 0 Å². The Balaban J connectivity index is 2.26. The molecule has 0 aliphatic rings. The van der Waals surface area contributed by atoms with Crippen LogP contribution in [0.3, 0.4) is 0 Å². The van der Waals surface area contributed by atoms with Crippen molar-refractivity contribution in [2.24, 2.45) is 5.92 Å². The van der Waals surface area contributed by atoms with Gasteiger partial charge in [0.2, 0.25) is 0 Å². The first-order valence-electron chi connectivity index (χ1n) is 14.9. The van der Waals surface area contributed by atoms with E-state index in [-0.39, 0.29) is 5.97 Å². The summed E-state index contributed by atoms with van der Waals surface area (Å²) in [6.07, 6.45) is 25.5. The molecule has 1 rings (SSSR count). The molecule has 1 aromatic rings. The summed E-state index contributed by atoms with van der Waals surface area (Å²) in [5.74, 6) is 0.515. The fourth-order valence-electron chi connectivity index (χ4n) is 4.73. The van der Waals surface area contributed by atoms with Gasteiger partial charge in [-0.2, -0.15) is 0 Å². The van der Waals surface area contributed by atoms with E-state index in [1.165, 1.54) is 127 Å². The first kappa shape index (κ1) is 30.7. The van der Waals surface area contributed by atoms with Crippen LogP contribution in [0.2, 0.25) is 0 Å². The number of hydrogen-bond acceptors (Lipinski definition) is 2. The van der Waals surface area contributed by atoms with Crippen molar-refractivity contribution in [2.75, 3.05) is 6.61 Å². The monoisotopic (exact) mass is 472 g/mol. The van der Waals surface area contributed by atoms with Crippen LogP contribution in [0.15, 0.2) is 24.3 Å². The number of rotatable bonds is 23. The van der Waals surface area contributed by atoms with Gasteiger partial charge in [0.25, 0.3) is 0 Å². The fourth-order valence-corrected chi connectivity index (χ4v) is 4.73. The lowest BCUT2D eigenvalue weighted by Gasteiger charge is -2.17. The van der Waals surface area contributed by atoms with Crippen molar-refractivity contribution in [1.29, 1.82) is 0 Å². The Bertz CT molecular complexity index is 557. The van der Waals surface area contributed by atoms with E-state index in [2.05, 4.69) is 45.0 Å². The molecule has 196 valence electrons. The standard InChI is InChI=1S/C32H56O2/c1-4-6-8-10-12-14-16-18-20-31(21-19-17-15-13-11-9-7-5-2)28-34-32(33)27-26-30-24-22-29(3)23-25-30/h22-25,31H,4-21,26-28H2,1-3H3. The summed E-state index contributed by atoms with van der Waals surface area (Å²) in [5.41, 5.74) is 2.48. The molecule has 0 unspecified atom stereocenters. The Labute approximate surface area is 212 Å².